The number of benzene rings is 4. The van der Waals surface area contributed by atoms with Crippen LogP contribution >= 0.6 is 0 Å². The summed E-state index contributed by atoms with van der Waals surface area (Å²) >= 11 is 0. The molecule has 5 heterocycles. The average molecular weight is 645 g/mol. The monoisotopic (exact) mass is 644 g/mol. The molecule has 0 atom stereocenters. The Morgan fingerprint density at radius 1 is 0.380 bits per heavy atom. The number of methoxy groups -OCH3 is 1. The highest BCUT2D eigenvalue weighted by molar-refractivity contribution is 6.00. The van der Waals surface area contributed by atoms with Crippen molar-refractivity contribution in [3.8, 4) is 50.3 Å². The number of nitrogens with zero attached hydrogens (tertiary/aromatic N) is 2. The van der Waals surface area contributed by atoms with Gasteiger partial charge in [-0.1, -0.05) is 109 Å². The van der Waals surface area contributed by atoms with Gasteiger partial charge in [-0.3, -0.25) is 0 Å². The predicted octanol–water partition coefficient (Wildman–Crippen LogP) is 11.3. The number of hydrogen-bond acceptors (Lipinski definition) is 3. The van der Waals surface area contributed by atoms with Crippen LogP contribution in [0.25, 0.3) is 90.9 Å². The quantitative estimate of drug-likeness (QED) is 0.196. The van der Waals surface area contributed by atoms with Crippen molar-refractivity contribution in [2.24, 2.45) is 0 Å². The van der Waals surface area contributed by atoms with Crippen LogP contribution in [0.3, 0.4) is 0 Å². The lowest BCUT2D eigenvalue weighted by molar-refractivity contribution is 0.416. The molecule has 0 radical (unpaired) electrons. The zero-order valence-corrected chi connectivity index (χ0v) is 27.4. The highest BCUT2D eigenvalue weighted by atomic mass is 16.5. The first kappa shape index (κ1) is 29.4. The molecule has 2 aliphatic rings. The third-order valence-corrected chi connectivity index (χ3v) is 9.32. The van der Waals surface area contributed by atoms with E-state index >= 15 is 0 Å². The molecular formula is C45H32N4O. The second-order valence-electron chi connectivity index (χ2n) is 12.3. The summed E-state index contributed by atoms with van der Waals surface area (Å²) in [6.07, 6.45) is 8.47. The summed E-state index contributed by atoms with van der Waals surface area (Å²) in [6, 6.07) is 48.1. The van der Waals surface area contributed by atoms with Crippen molar-refractivity contribution in [2.45, 2.75) is 0 Å². The molecule has 0 spiro atoms. The van der Waals surface area contributed by atoms with Crippen LogP contribution in [-0.4, -0.2) is 27.0 Å². The molecule has 0 unspecified atom stereocenters. The predicted molar refractivity (Wildman–Crippen MR) is 207 cm³/mol. The normalized spacial score (nSPS) is 11.9. The van der Waals surface area contributed by atoms with Crippen LogP contribution in [0.4, 0.5) is 0 Å². The molecule has 9 rings (SSSR count). The lowest BCUT2D eigenvalue weighted by atomic mass is 10.0. The molecular weight excluding hydrogens is 613 g/mol. The summed E-state index contributed by atoms with van der Waals surface area (Å²) in [5.74, 6) is 0.775. The Kier molecular flexibility index (Phi) is 7.29. The van der Waals surface area contributed by atoms with Crippen molar-refractivity contribution in [3.63, 3.8) is 0 Å². The highest BCUT2D eigenvalue weighted by Crippen LogP contribution is 2.40. The number of aromatic nitrogens is 4. The minimum Gasteiger partial charge on any atom is -0.496 e. The van der Waals surface area contributed by atoms with E-state index < -0.39 is 0 Å². The molecule has 4 aromatic carbocycles. The molecule has 0 saturated carbocycles. The standard InChI is InChI=1S/C45H32N4O/c1-50-41-20-12-11-19-32(41)45-39-27-25-37(48-39)43(30-15-7-3-8-16-30)35-23-21-33(46-35)42(29-13-5-2-6-14-29)34-22-24-36(47-34)44(31-17-9-4-10-18-31)38-26-28-40(45)49-38/h2-28,46,49H,1H3. The van der Waals surface area contributed by atoms with Gasteiger partial charge < -0.3 is 14.7 Å². The Hall–Kier alpha value is -6.72. The van der Waals surface area contributed by atoms with E-state index in [9.17, 15) is 0 Å². The van der Waals surface area contributed by atoms with E-state index in [-0.39, 0.29) is 0 Å². The van der Waals surface area contributed by atoms with Crippen LogP contribution in [0.2, 0.25) is 0 Å². The third kappa shape index (κ3) is 5.13. The second-order valence-corrected chi connectivity index (χ2v) is 12.3. The Morgan fingerprint density at radius 3 is 1.12 bits per heavy atom. The lowest BCUT2D eigenvalue weighted by Crippen LogP contribution is -1.91. The van der Waals surface area contributed by atoms with Gasteiger partial charge in [0, 0.05) is 49.9 Å². The van der Waals surface area contributed by atoms with Gasteiger partial charge in [-0.2, -0.15) is 0 Å². The molecule has 2 N–H and O–H groups in total. The third-order valence-electron chi connectivity index (χ3n) is 9.32. The first-order valence-corrected chi connectivity index (χ1v) is 16.7. The number of ether oxygens (including phenoxy) is 1. The zero-order chi connectivity index (χ0) is 33.4. The molecule has 2 aliphatic heterocycles. The van der Waals surface area contributed by atoms with Gasteiger partial charge >= 0.3 is 0 Å². The van der Waals surface area contributed by atoms with Gasteiger partial charge in [0.25, 0.3) is 0 Å². The van der Waals surface area contributed by atoms with E-state index in [0.717, 1.165) is 95.1 Å². The van der Waals surface area contributed by atoms with Gasteiger partial charge in [0.05, 0.1) is 29.9 Å². The van der Waals surface area contributed by atoms with E-state index in [1.807, 2.05) is 36.4 Å². The van der Waals surface area contributed by atoms with Crippen LogP contribution in [0.15, 0.2) is 140 Å². The number of H-pyrrole nitrogens is 2. The van der Waals surface area contributed by atoms with Gasteiger partial charge in [-0.05, 0) is 71.3 Å². The van der Waals surface area contributed by atoms with Gasteiger partial charge in [0.15, 0.2) is 0 Å². The van der Waals surface area contributed by atoms with Crippen LogP contribution in [-0.2, 0) is 0 Å². The average Bonchev–Trinajstić information content (AvgIpc) is 4.01. The fourth-order valence-corrected chi connectivity index (χ4v) is 7.07. The lowest BCUT2D eigenvalue weighted by Gasteiger charge is -2.10. The minimum atomic E-state index is 0.775. The number of aromatic amines is 2. The SMILES string of the molecule is COc1ccccc1-c1c2nc(c(-c3ccccc3)c3ccc([nH]3)c(-c3ccccc3)c3nc(c(-c4ccccc4)c4ccc1[nH]4)C=C3)C=C2. The van der Waals surface area contributed by atoms with Gasteiger partial charge in [0.1, 0.15) is 5.75 Å². The van der Waals surface area contributed by atoms with Crippen molar-refractivity contribution in [3.05, 3.63) is 162 Å². The number of hydrogen-bond donors (Lipinski definition) is 2. The maximum absolute atomic E-state index is 5.91. The molecule has 7 aromatic rings. The largest absolute Gasteiger partial charge is 0.496 e. The fourth-order valence-electron chi connectivity index (χ4n) is 7.07. The first-order valence-electron chi connectivity index (χ1n) is 16.7. The number of rotatable bonds is 5. The van der Waals surface area contributed by atoms with Crippen molar-refractivity contribution in [1.82, 2.24) is 19.9 Å². The maximum atomic E-state index is 5.91. The molecule has 5 nitrogen and oxygen atoms in total. The van der Waals surface area contributed by atoms with E-state index in [1.165, 1.54) is 0 Å². The Balaban J connectivity index is 1.49. The maximum Gasteiger partial charge on any atom is 0.126 e. The molecule has 5 heteroatoms. The molecule has 0 amide bonds. The summed E-state index contributed by atoms with van der Waals surface area (Å²) in [5.41, 5.74) is 15.5. The van der Waals surface area contributed by atoms with Gasteiger partial charge in [-0.15, -0.1) is 0 Å². The summed E-state index contributed by atoms with van der Waals surface area (Å²) in [6.45, 7) is 0. The Bertz CT molecular complexity index is 2580. The Labute approximate surface area is 290 Å². The summed E-state index contributed by atoms with van der Waals surface area (Å²) in [5, 5.41) is 0. The minimum absolute atomic E-state index is 0.775. The molecule has 3 aromatic heterocycles. The van der Waals surface area contributed by atoms with E-state index in [0.29, 0.717) is 0 Å². The molecule has 0 saturated heterocycles. The van der Waals surface area contributed by atoms with Crippen LogP contribution in [0.1, 0.15) is 22.8 Å². The molecule has 0 aliphatic carbocycles. The molecule has 8 bridgehead atoms. The smallest absolute Gasteiger partial charge is 0.126 e. The number of nitrogens with one attached hydrogen (secondary N) is 2. The van der Waals surface area contributed by atoms with Gasteiger partial charge in [0.2, 0.25) is 0 Å². The van der Waals surface area contributed by atoms with Crippen LogP contribution in [0, 0.1) is 0 Å². The fraction of sp³-hybridized carbons (Fsp3) is 0.0222. The molecule has 238 valence electrons. The summed E-state index contributed by atoms with van der Waals surface area (Å²) in [7, 11) is 1.71. The molecule has 0 fully saturated rings. The van der Waals surface area contributed by atoms with Crippen LogP contribution in [0.5, 0.6) is 5.75 Å². The highest BCUT2D eigenvalue weighted by Gasteiger charge is 2.19. The van der Waals surface area contributed by atoms with Crippen molar-refractivity contribution in [2.75, 3.05) is 7.11 Å². The Morgan fingerprint density at radius 2 is 0.720 bits per heavy atom. The summed E-state index contributed by atoms with van der Waals surface area (Å²) in [4.78, 5) is 18.3. The van der Waals surface area contributed by atoms with Gasteiger partial charge in [-0.25, -0.2) is 9.97 Å². The second kappa shape index (κ2) is 12.4. The molecule has 50 heavy (non-hydrogen) atoms. The topological polar surface area (TPSA) is 66.6 Å². The number of para-hydroxylation sites is 1. The number of fused-ring (bicyclic) bond motifs is 8. The van der Waals surface area contributed by atoms with Crippen LogP contribution < -0.4 is 4.74 Å². The van der Waals surface area contributed by atoms with Crippen molar-refractivity contribution >= 4 is 46.4 Å². The van der Waals surface area contributed by atoms with Crippen molar-refractivity contribution in [1.29, 1.82) is 0 Å². The van der Waals surface area contributed by atoms with E-state index in [4.69, 9.17) is 14.7 Å². The van der Waals surface area contributed by atoms with E-state index in [2.05, 4.69) is 137 Å². The van der Waals surface area contributed by atoms with E-state index in [1.54, 1.807) is 7.11 Å². The zero-order valence-electron chi connectivity index (χ0n) is 27.4. The summed E-state index contributed by atoms with van der Waals surface area (Å²) < 4.78 is 5.91. The first-order chi connectivity index (χ1) is 24.7. The van der Waals surface area contributed by atoms with Crippen molar-refractivity contribution < 1.29 is 4.74 Å².